The normalized spacial score (nSPS) is 12.1. The first-order chi connectivity index (χ1) is 19.2. The molecule has 1 aliphatic heterocycles. The summed E-state index contributed by atoms with van der Waals surface area (Å²) in [6.07, 6.45) is 0. The Kier molecular flexibility index (Phi) is 6.47. The Balaban J connectivity index is 1.62. The number of hydrogen-bond acceptors (Lipinski definition) is 4. The Hall–Kier alpha value is -4.35. The summed E-state index contributed by atoms with van der Waals surface area (Å²) in [5, 5.41) is 0. The van der Waals surface area contributed by atoms with Crippen molar-refractivity contribution in [3.8, 4) is 62.1 Å². The molecule has 2 N–H and O–H groups in total. The maximum atomic E-state index is 12.2. The van der Waals surface area contributed by atoms with Crippen molar-refractivity contribution in [2.45, 2.75) is 20.8 Å². The van der Waals surface area contributed by atoms with E-state index in [1.54, 1.807) is 6.07 Å². The van der Waals surface area contributed by atoms with E-state index in [0.717, 1.165) is 33.4 Å². The van der Waals surface area contributed by atoms with Crippen LogP contribution in [0.15, 0.2) is 97.1 Å². The molecule has 5 aromatic rings. The zero-order chi connectivity index (χ0) is 28.0. The summed E-state index contributed by atoms with van der Waals surface area (Å²) in [5.41, 5.74) is 7.82. The fourth-order valence-electron chi connectivity index (χ4n) is 4.80. The summed E-state index contributed by atoms with van der Waals surface area (Å²) in [6, 6.07) is 31.1. The number of phosphoric ester groups is 1. The van der Waals surface area contributed by atoms with Crippen LogP contribution >= 0.6 is 7.82 Å². The summed E-state index contributed by atoms with van der Waals surface area (Å²) >= 11 is 0. The lowest BCUT2D eigenvalue weighted by Crippen LogP contribution is -2.06. The smallest absolute Gasteiger partial charge is 0.448 e. The number of aryl methyl sites for hydroxylation is 3. The Morgan fingerprint density at radius 3 is 1.60 bits per heavy atom. The van der Waals surface area contributed by atoms with Gasteiger partial charge < -0.3 is 14.0 Å². The molecule has 0 amide bonds. The van der Waals surface area contributed by atoms with Crippen LogP contribution in [-0.2, 0) is 4.57 Å². The van der Waals surface area contributed by atoms with E-state index in [0.29, 0.717) is 33.9 Å². The minimum Gasteiger partial charge on any atom is -0.448 e. The Morgan fingerprint density at radius 1 is 0.575 bits per heavy atom. The third kappa shape index (κ3) is 5.01. The molecule has 0 bridgehead atoms. The van der Waals surface area contributed by atoms with E-state index in [4.69, 9.17) is 14.0 Å². The molecule has 1 heterocycles. The standard InChI is InChI=1S/C33H27O6P/c1-20-7-13-23(14-8-20)26-5-4-6-29-30(26)38-31-27(24-15-9-21(2)10-16-24)19-28(25-17-11-22(3)12-18-25)32(33(31)37-29)39-40(34,35)36/h4-19H,1-3H3,(H2,34,35,36). The molecule has 1 aliphatic rings. The van der Waals surface area contributed by atoms with Gasteiger partial charge in [-0.15, -0.1) is 0 Å². The molecule has 0 unspecified atom stereocenters. The molecule has 0 aromatic heterocycles. The number of rotatable bonds is 5. The predicted molar refractivity (Wildman–Crippen MR) is 156 cm³/mol. The highest BCUT2D eigenvalue weighted by Crippen LogP contribution is 2.60. The fraction of sp³-hybridized carbons (Fsp3) is 0.0909. The van der Waals surface area contributed by atoms with Gasteiger partial charge in [0.25, 0.3) is 0 Å². The monoisotopic (exact) mass is 550 g/mol. The first-order valence-electron chi connectivity index (χ1n) is 12.8. The lowest BCUT2D eigenvalue weighted by Gasteiger charge is -2.28. The van der Waals surface area contributed by atoms with Crippen LogP contribution in [0.3, 0.4) is 0 Å². The maximum Gasteiger partial charge on any atom is 0.524 e. The van der Waals surface area contributed by atoms with Gasteiger partial charge in [0, 0.05) is 16.7 Å². The topological polar surface area (TPSA) is 85.2 Å². The van der Waals surface area contributed by atoms with Gasteiger partial charge in [0.2, 0.25) is 5.75 Å². The van der Waals surface area contributed by atoms with Crippen LogP contribution < -0.4 is 14.0 Å². The van der Waals surface area contributed by atoms with E-state index in [9.17, 15) is 14.4 Å². The SMILES string of the molecule is Cc1ccc(-c2cccc3c2Oc2c(-c4ccc(C)cc4)cc(-c4ccc(C)cc4)c(OP(=O)(O)O)c2O3)cc1. The fourth-order valence-corrected chi connectivity index (χ4v) is 5.21. The van der Waals surface area contributed by atoms with Crippen molar-refractivity contribution in [2.75, 3.05) is 0 Å². The zero-order valence-corrected chi connectivity index (χ0v) is 23.1. The quantitative estimate of drug-likeness (QED) is 0.208. The highest BCUT2D eigenvalue weighted by Gasteiger charge is 2.34. The second-order valence-electron chi connectivity index (χ2n) is 9.98. The number of hydrogen-bond donors (Lipinski definition) is 2. The van der Waals surface area contributed by atoms with Crippen molar-refractivity contribution >= 4 is 7.82 Å². The molecule has 0 atom stereocenters. The Labute approximate surface area is 232 Å². The number of ether oxygens (including phenoxy) is 2. The summed E-state index contributed by atoms with van der Waals surface area (Å²) in [6.45, 7) is 6.01. The van der Waals surface area contributed by atoms with Gasteiger partial charge in [-0.25, -0.2) is 4.57 Å². The third-order valence-electron chi connectivity index (χ3n) is 6.88. The molecule has 7 heteroatoms. The van der Waals surface area contributed by atoms with Crippen LogP contribution in [0.4, 0.5) is 0 Å². The van der Waals surface area contributed by atoms with Gasteiger partial charge in [-0.3, -0.25) is 9.79 Å². The minimum atomic E-state index is -4.97. The van der Waals surface area contributed by atoms with E-state index in [2.05, 4.69) is 0 Å². The number of phosphoric acid groups is 1. The van der Waals surface area contributed by atoms with Crippen molar-refractivity contribution in [1.82, 2.24) is 0 Å². The lowest BCUT2D eigenvalue weighted by atomic mass is 9.94. The van der Waals surface area contributed by atoms with Crippen molar-refractivity contribution in [3.05, 3.63) is 114 Å². The number of benzene rings is 5. The van der Waals surface area contributed by atoms with E-state index in [-0.39, 0.29) is 11.5 Å². The molecule has 5 aromatic carbocycles. The summed E-state index contributed by atoms with van der Waals surface area (Å²) in [5.74, 6) is 1.25. The van der Waals surface area contributed by atoms with Crippen LogP contribution in [0, 0.1) is 20.8 Å². The van der Waals surface area contributed by atoms with Gasteiger partial charge in [-0.05, 0) is 49.6 Å². The molecule has 40 heavy (non-hydrogen) atoms. The molecule has 0 fully saturated rings. The lowest BCUT2D eigenvalue weighted by molar-refractivity contribution is 0.275. The van der Waals surface area contributed by atoms with Crippen molar-refractivity contribution in [3.63, 3.8) is 0 Å². The second kappa shape index (κ2) is 10.00. The second-order valence-corrected chi connectivity index (χ2v) is 11.1. The highest BCUT2D eigenvalue weighted by atomic mass is 31.2. The summed E-state index contributed by atoms with van der Waals surface area (Å²) in [4.78, 5) is 19.8. The van der Waals surface area contributed by atoms with Gasteiger partial charge in [-0.1, -0.05) is 102 Å². The molecular formula is C33H27O6P. The molecule has 0 spiro atoms. The van der Waals surface area contributed by atoms with Gasteiger partial charge in [0.1, 0.15) is 0 Å². The van der Waals surface area contributed by atoms with Crippen molar-refractivity contribution in [2.24, 2.45) is 0 Å². The molecule has 0 radical (unpaired) electrons. The minimum absolute atomic E-state index is 0.0885. The first kappa shape index (κ1) is 25.9. The number of para-hydroxylation sites is 1. The molecule has 0 saturated heterocycles. The first-order valence-corrected chi connectivity index (χ1v) is 14.4. The predicted octanol–water partition coefficient (Wildman–Crippen LogP) is 8.98. The zero-order valence-electron chi connectivity index (χ0n) is 22.2. The maximum absolute atomic E-state index is 12.2. The van der Waals surface area contributed by atoms with E-state index in [1.807, 2.05) is 112 Å². The number of fused-ring (bicyclic) bond motifs is 2. The average molecular weight is 551 g/mol. The van der Waals surface area contributed by atoms with Crippen LogP contribution in [0.25, 0.3) is 33.4 Å². The van der Waals surface area contributed by atoms with Gasteiger partial charge in [0.15, 0.2) is 23.0 Å². The van der Waals surface area contributed by atoms with Crippen LogP contribution in [0.1, 0.15) is 16.7 Å². The van der Waals surface area contributed by atoms with Gasteiger partial charge in [-0.2, -0.15) is 0 Å². The molecule has 6 rings (SSSR count). The van der Waals surface area contributed by atoms with E-state index in [1.165, 1.54) is 0 Å². The van der Waals surface area contributed by atoms with E-state index >= 15 is 0 Å². The van der Waals surface area contributed by atoms with Gasteiger partial charge >= 0.3 is 7.82 Å². The Morgan fingerprint density at radius 2 is 1.07 bits per heavy atom. The summed E-state index contributed by atoms with van der Waals surface area (Å²) < 4.78 is 30.6. The Bertz CT molecular complexity index is 1770. The third-order valence-corrected chi connectivity index (χ3v) is 7.30. The molecular weight excluding hydrogens is 523 g/mol. The van der Waals surface area contributed by atoms with Crippen LogP contribution in [0.5, 0.6) is 28.7 Å². The largest absolute Gasteiger partial charge is 0.524 e. The van der Waals surface area contributed by atoms with Gasteiger partial charge in [0.05, 0.1) is 0 Å². The average Bonchev–Trinajstić information content (AvgIpc) is 2.93. The molecule has 6 nitrogen and oxygen atoms in total. The van der Waals surface area contributed by atoms with Crippen LogP contribution in [0.2, 0.25) is 0 Å². The molecule has 0 aliphatic carbocycles. The van der Waals surface area contributed by atoms with Crippen molar-refractivity contribution in [1.29, 1.82) is 0 Å². The highest BCUT2D eigenvalue weighted by molar-refractivity contribution is 7.46. The van der Waals surface area contributed by atoms with Crippen LogP contribution in [-0.4, -0.2) is 9.79 Å². The van der Waals surface area contributed by atoms with E-state index < -0.39 is 7.82 Å². The molecule has 200 valence electrons. The molecule has 0 saturated carbocycles. The van der Waals surface area contributed by atoms with Crippen molar-refractivity contribution < 1.29 is 28.3 Å². The summed E-state index contributed by atoms with van der Waals surface area (Å²) in [7, 11) is -4.97.